The van der Waals surface area contributed by atoms with Crippen LogP contribution < -0.4 is 0 Å². The molecule has 1 aromatic rings. The molecule has 1 nitrogen and oxygen atoms in total. The van der Waals surface area contributed by atoms with Gasteiger partial charge in [0.1, 0.15) is 6.07 Å². The van der Waals surface area contributed by atoms with Crippen LogP contribution in [0, 0.1) is 23.2 Å². The molecule has 1 aliphatic rings. The van der Waals surface area contributed by atoms with E-state index in [2.05, 4.69) is 31.2 Å². The second-order valence-electron chi connectivity index (χ2n) is 7.23. The lowest BCUT2D eigenvalue weighted by Crippen LogP contribution is -2.15. The zero-order chi connectivity index (χ0) is 17.9. The first-order chi connectivity index (χ1) is 12.2. The summed E-state index contributed by atoms with van der Waals surface area (Å²) in [4.78, 5) is 0. The van der Waals surface area contributed by atoms with E-state index in [-0.39, 0.29) is 0 Å². The number of benzene rings is 1. The number of hydrogen-bond acceptors (Lipinski definition) is 1. The van der Waals surface area contributed by atoms with Gasteiger partial charge in [-0.2, -0.15) is 9.65 Å². The van der Waals surface area contributed by atoms with E-state index in [4.69, 9.17) is 5.26 Å². The Hall–Kier alpha value is -1.88. The fourth-order valence-electron chi connectivity index (χ4n) is 3.74. The van der Waals surface area contributed by atoms with E-state index in [1.165, 1.54) is 68.2 Å². The van der Waals surface area contributed by atoms with Gasteiger partial charge < -0.3 is 0 Å². The molecule has 1 saturated carbocycles. The first kappa shape index (κ1) is 19.4. The van der Waals surface area contributed by atoms with Crippen molar-refractivity contribution in [2.45, 2.75) is 64.7 Å². The monoisotopic (exact) mass is 339 g/mol. The van der Waals surface area contributed by atoms with E-state index in [0.717, 1.165) is 24.7 Å². The van der Waals surface area contributed by atoms with Crippen LogP contribution in [0.4, 0.5) is 4.39 Å². The SMILES string of the molecule is CCc1ccc(CCC2CCC(CC/C=C/C=C(\F)C#N)CC2)cc1. The Morgan fingerprint density at radius 1 is 1.08 bits per heavy atom. The van der Waals surface area contributed by atoms with Crippen LogP contribution in [-0.4, -0.2) is 0 Å². The molecule has 0 heterocycles. The summed E-state index contributed by atoms with van der Waals surface area (Å²) in [7, 11) is 0. The van der Waals surface area contributed by atoms with Crippen molar-refractivity contribution in [1.29, 1.82) is 5.26 Å². The highest BCUT2D eigenvalue weighted by Crippen LogP contribution is 2.34. The number of allylic oxidation sites excluding steroid dienone is 4. The molecule has 25 heavy (non-hydrogen) atoms. The molecule has 0 N–H and O–H groups in total. The quantitative estimate of drug-likeness (QED) is 0.382. The Balaban J connectivity index is 1.62. The molecule has 134 valence electrons. The van der Waals surface area contributed by atoms with Gasteiger partial charge in [-0.1, -0.05) is 69.0 Å². The Kier molecular flexibility index (Phi) is 8.46. The molecule has 0 bridgehead atoms. The molecule has 0 saturated heterocycles. The zero-order valence-electron chi connectivity index (χ0n) is 15.4. The van der Waals surface area contributed by atoms with Gasteiger partial charge in [0.05, 0.1) is 0 Å². The van der Waals surface area contributed by atoms with Crippen LogP contribution in [0.1, 0.15) is 63.0 Å². The Morgan fingerprint density at radius 3 is 2.28 bits per heavy atom. The number of rotatable bonds is 8. The van der Waals surface area contributed by atoms with E-state index >= 15 is 0 Å². The highest BCUT2D eigenvalue weighted by Gasteiger charge is 2.20. The normalized spacial score (nSPS) is 21.4. The van der Waals surface area contributed by atoms with Crippen molar-refractivity contribution in [2.24, 2.45) is 11.8 Å². The average Bonchev–Trinajstić information content (AvgIpc) is 2.67. The van der Waals surface area contributed by atoms with Gasteiger partial charge in [-0.3, -0.25) is 0 Å². The maximum Gasteiger partial charge on any atom is 0.199 e. The fourth-order valence-corrected chi connectivity index (χ4v) is 3.74. The van der Waals surface area contributed by atoms with Crippen molar-refractivity contribution < 1.29 is 4.39 Å². The van der Waals surface area contributed by atoms with Gasteiger partial charge in [-0.05, 0) is 61.1 Å². The molecule has 2 heteroatoms. The van der Waals surface area contributed by atoms with Gasteiger partial charge in [0.25, 0.3) is 0 Å². The molecule has 0 unspecified atom stereocenters. The summed E-state index contributed by atoms with van der Waals surface area (Å²) in [6.45, 7) is 2.20. The molecule has 0 radical (unpaired) electrons. The lowest BCUT2D eigenvalue weighted by Gasteiger charge is -2.28. The molecule has 2 rings (SSSR count). The third-order valence-corrected chi connectivity index (χ3v) is 5.47. The predicted octanol–water partition coefficient (Wildman–Crippen LogP) is 6.70. The summed E-state index contributed by atoms with van der Waals surface area (Å²) in [6.07, 6.45) is 16.0. The number of nitrogens with zero attached hydrogens (tertiary/aromatic N) is 1. The lowest BCUT2D eigenvalue weighted by molar-refractivity contribution is 0.254. The van der Waals surface area contributed by atoms with Crippen LogP contribution in [0.3, 0.4) is 0 Å². The predicted molar refractivity (Wildman–Crippen MR) is 103 cm³/mol. The maximum atomic E-state index is 12.6. The summed E-state index contributed by atoms with van der Waals surface area (Å²) in [5.74, 6) is 0.973. The molecule has 1 aliphatic carbocycles. The first-order valence-corrected chi connectivity index (χ1v) is 9.71. The molecule has 0 aliphatic heterocycles. The van der Waals surface area contributed by atoms with Crippen LogP contribution in [0.5, 0.6) is 0 Å². The van der Waals surface area contributed by atoms with E-state index < -0.39 is 5.83 Å². The minimum atomic E-state index is -0.721. The molecule has 0 aromatic heterocycles. The van der Waals surface area contributed by atoms with Crippen LogP contribution >= 0.6 is 0 Å². The number of halogens is 1. The van der Waals surface area contributed by atoms with Crippen molar-refractivity contribution in [2.75, 3.05) is 0 Å². The molecule has 1 aromatic carbocycles. The molecule has 0 amide bonds. The summed E-state index contributed by atoms with van der Waals surface area (Å²) in [5.41, 5.74) is 2.89. The summed E-state index contributed by atoms with van der Waals surface area (Å²) >= 11 is 0. The second kappa shape index (κ2) is 10.9. The van der Waals surface area contributed by atoms with Crippen LogP contribution in [0.15, 0.2) is 48.3 Å². The number of nitriles is 1. The van der Waals surface area contributed by atoms with Gasteiger partial charge in [-0.25, -0.2) is 0 Å². The van der Waals surface area contributed by atoms with Gasteiger partial charge in [0, 0.05) is 0 Å². The van der Waals surface area contributed by atoms with Gasteiger partial charge in [0.2, 0.25) is 0 Å². The van der Waals surface area contributed by atoms with E-state index in [1.807, 2.05) is 6.08 Å². The van der Waals surface area contributed by atoms with Crippen molar-refractivity contribution in [3.63, 3.8) is 0 Å². The van der Waals surface area contributed by atoms with Gasteiger partial charge in [-0.15, -0.1) is 0 Å². The second-order valence-corrected chi connectivity index (χ2v) is 7.23. The minimum Gasteiger partial charge on any atom is -0.195 e. The van der Waals surface area contributed by atoms with E-state index in [9.17, 15) is 4.39 Å². The van der Waals surface area contributed by atoms with Gasteiger partial charge in [0.15, 0.2) is 5.83 Å². The third kappa shape index (κ3) is 7.26. The van der Waals surface area contributed by atoms with E-state index in [0.29, 0.717) is 0 Å². The maximum absolute atomic E-state index is 12.6. The average molecular weight is 339 g/mol. The topological polar surface area (TPSA) is 23.8 Å². The largest absolute Gasteiger partial charge is 0.199 e. The first-order valence-electron chi connectivity index (χ1n) is 9.71. The molecule has 1 fully saturated rings. The Labute approximate surface area is 152 Å². The molecule has 0 spiro atoms. The summed E-state index contributed by atoms with van der Waals surface area (Å²) in [6, 6.07) is 10.6. The number of hydrogen-bond donors (Lipinski definition) is 0. The van der Waals surface area contributed by atoms with Crippen molar-refractivity contribution in [1.82, 2.24) is 0 Å². The number of aryl methyl sites for hydroxylation is 2. The lowest BCUT2D eigenvalue weighted by atomic mass is 9.78. The Morgan fingerprint density at radius 2 is 1.68 bits per heavy atom. The minimum absolute atomic E-state index is 0.721. The van der Waals surface area contributed by atoms with Crippen LogP contribution in [-0.2, 0) is 12.8 Å². The summed E-state index contributed by atoms with van der Waals surface area (Å²) in [5, 5.41) is 8.33. The fraction of sp³-hybridized carbons (Fsp3) is 0.522. The van der Waals surface area contributed by atoms with Crippen molar-refractivity contribution in [3.8, 4) is 6.07 Å². The highest BCUT2D eigenvalue weighted by atomic mass is 19.1. The smallest absolute Gasteiger partial charge is 0.195 e. The Bertz CT molecular complexity index is 598. The molecule has 0 atom stereocenters. The van der Waals surface area contributed by atoms with Crippen molar-refractivity contribution >= 4 is 0 Å². The molecular weight excluding hydrogens is 309 g/mol. The van der Waals surface area contributed by atoms with Crippen LogP contribution in [0.25, 0.3) is 0 Å². The highest BCUT2D eigenvalue weighted by molar-refractivity contribution is 5.22. The summed E-state index contributed by atoms with van der Waals surface area (Å²) < 4.78 is 12.6. The van der Waals surface area contributed by atoms with Crippen molar-refractivity contribution in [3.05, 3.63) is 59.4 Å². The van der Waals surface area contributed by atoms with Crippen LogP contribution in [0.2, 0.25) is 0 Å². The zero-order valence-corrected chi connectivity index (χ0v) is 15.4. The standard InChI is InChI=1S/C23H30FN/c1-2-19-8-10-21(11-9-19)16-17-22-14-12-20(13-15-22)6-4-3-5-7-23(24)18-25/h3,5,7-11,20,22H,2,4,6,12-17H2,1H3/b5-3+,23-7-. The van der Waals surface area contributed by atoms with E-state index in [1.54, 1.807) is 6.08 Å². The molecular formula is C23H30FN. The van der Waals surface area contributed by atoms with Gasteiger partial charge >= 0.3 is 0 Å². The third-order valence-electron chi connectivity index (χ3n) is 5.47.